The van der Waals surface area contributed by atoms with Crippen LogP contribution in [0.2, 0.25) is 0 Å². The van der Waals surface area contributed by atoms with E-state index in [2.05, 4.69) is 40.8 Å². The smallest absolute Gasteiger partial charge is 0.136 e. The molecule has 0 amide bonds. The van der Waals surface area contributed by atoms with E-state index in [1.807, 2.05) is 24.3 Å². The Bertz CT molecular complexity index is 671. The van der Waals surface area contributed by atoms with E-state index in [4.69, 9.17) is 9.47 Å². The zero-order valence-electron chi connectivity index (χ0n) is 16.5. The van der Waals surface area contributed by atoms with E-state index < -0.39 is 0 Å². The summed E-state index contributed by atoms with van der Waals surface area (Å²) in [4.78, 5) is 2.41. The molecule has 0 aliphatic carbocycles. The fraction of sp³-hybridized carbons (Fsp3) is 0.455. The number of para-hydroxylation sites is 1. The second-order valence-electron chi connectivity index (χ2n) is 7.05. The molecule has 0 saturated carbocycles. The van der Waals surface area contributed by atoms with Gasteiger partial charge in [-0.05, 0) is 70.3 Å². The lowest BCUT2D eigenvalue weighted by atomic mass is 10.1. The second-order valence-corrected chi connectivity index (χ2v) is 7.05. The zero-order chi connectivity index (χ0) is 18.9. The first-order chi connectivity index (χ1) is 13.3. The van der Waals surface area contributed by atoms with Gasteiger partial charge in [0.05, 0.1) is 7.11 Å². The number of fused-ring (bicyclic) bond motifs is 2. The van der Waals surface area contributed by atoms with Crippen molar-refractivity contribution in [2.45, 2.75) is 25.9 Å². The summed E-state index contributed by atoms with van der Waals surface area (Å²) < 4.78 is 11.6. The van der Waals surface area contributed by atoms with Gasteiger partial charge in [-0.15, -0.1) is 0 Å². The lowest BCUT2D eigenvalue weighted by Crippen LogP contribution is -2.28. The molecule has 5 nitrogen and oxygen atoms in total. The molecule has 0 unspecified atom stereocenters. The average Bonchev–Trinajstić information content (AvgIpc) is 2.69. The van der Waals surface area contributed by atoms with E-state index in [1.54, 1.807) is 7.11 Å². The second kappa shape index (κ2) is 10.3. The Kier molecular flexibility index (Phi) is 7.51. The molecule has 0 aromatic heterocycles. The zero-order valence-corrected chi connectivity index (χ0v) is 16.5. The molecular weight excluding hydrogens is 338 g/mol. The van der Waals surface area contributed by atoms with Gasteiger partial charge in [0.25, 0.3) is 0 Å². The fourth-order valence-electron chi connectivity index (χ4n) is 3.32. The maximum atomic E-state index is 6.32. The van der Waals surface area contributed by atoms with Crippen LogP contribution in [0, 0.1) is 0 Å². The summed E-state index contributed by atoms with van der Waals surface area (Å²) in [6, 6.07) is 14.2. The molecule has 2 N–H and O–H groups in total. The fourth-order valence-corrected chi connectivity index (χ4v) is 3.32. The Balaban J connectivity index is 1.78. The van der Waals surface area contributed by atoms with Crippen molar-refractivity contribution in [2.24, 2.45) is 0 Å². The van der Waals surface area contributed by atoms with Gasteiger partial charge in [-0.3, -0.25) is 0 Å². The van der Waals surface area contributed by atoms with Crippen molar-refractivity contribution in [1.29, 1.82) is 0 Å². The standard InChI is InChI=1S/C22H31N3O2/c1-25-14-4-12-23-16-18-6-3-7-19(17-24-13-5-15-25)22(18)27-21-10-8-20(26-2)9-11-21/h3,6-11,23-24H,4-5,12-17H2,1-2H3. The van der Waals surface area contributed by atoms with Crippen LogP contribution in [0.15, 0.2) is 42.5 Å². The predicted octanol–water partition coefficient (Wildman–Crippen LogP) is 3.39. The summed E-state index contributed by atoms with van der Waals surface area (Å²) in [6.45, 7) is 5.89. The Hall–Kier alpha value is -2.08. The molecule has 2 bridgehead atoms. The van der Waals surface area contributed by atoms with Crippen LogP contribution in [-0.2, 0) is 13.1 Å². The van der Waals surface area contributed by atoms with E-state index in [1.165, 1.54) is 11.1 Å². The number of hydrogen-bond donors (Lipinski definition) is 2. The van der Waals surface area contributed by atoms with E-state index in [9.17, 15) is 0 Å². The maximum absolute atomic E-state index is 6.32. The predicted molar refractivity (Wildman–Crippen MR) is 110 cm³/mol. The molecule has 27 heavy (non-hydrogen) atoms. The first-order valence-corrected chi connectivity index (χ1v) is 9.79. The monoisotopic (exact) mass is 369 g/mol. The summed E-state index contributed by atoms with van der Waals surface area (Å²) in [6.07, 6.45) is 2.30. The number of rotatable bonds is 3. The van der Waals surface area contributed by atoms with Crippen molar-refractivity contribution in [3.8, 4) is 17.2 Å². The highest BCUT2D eigenvalue weighted by Crippen LogP contribution is 2.30. The largest absolute Gasteiger partial charge is 0.497 e. The minimum atomic E-state index is 0.809. The Morgan fingerprint density at radius 1 is 0.815 bits per heavy atom. The summed E-state index contributed by atoms with van der Waals surface area (Å²) in [5.74, 6) is 2.61. The van der Waals surface area contributed by atoms with Crippen LogP contribution in [0.1, 0.15) is 24.0 Å². The lowest BCUT2D eigenvalue weighted by Gasteiger charge is -2.20. The third kappa shape index (κ3) is 5.96. The van der Waals surface area contributed by atoms with Gasteiger partial charge in [-0.25, -0.2) is 0 Å². The maximum Gasteiger partial charge on any atom is 0.136 e. The van der Waals surface area contributed by atoms with Gasteiger partial charge in [0, 0.05) is 24.2 Å². The Labute approximate surface area is 162 Å². The van der Waals surface area contributed by atoms with Gasteiger partial charge < -0.3 is 25.0 Å². The number of nitrogens with zero attached hydrogens (tertiary/aromatic N) is 1. The summed E-state index contributed by atoms with van der Waals surface area (Å²) >= 11 is 0. The molecule has 1 aliphatic heterocycles. The van der Waals surface area contributed by atoms with Gasteiger partial charge in [0.1, 0.15) is 17.2 Å². The van der Waals surface area contributed by atoms with Crippen LogP contribution < -0.4 is 20.1 Å². The van der Waals surface area contributed by atoms with E-state index in [0.29, 0.717) is 0 Å². The highest BCUT2D eigenvalue weighted by molar-refractivity contribution is 5.45. The van der Waals surface area contributed by atoms with Crippen molar-refractivity contribution in [3.63, 3.8) is 0 Å². The third-order valence-corrected chi connectivity index (χ3v) is 4.88. The normalized spacial score (nSPS) is 17.1. The summed E-state index contributed by atoms with van der Waals surface area (Å²) in [5.41, 5.74) is 2.38. The molecule has 5 heteroatoms. The van der Waals surface area contributed by atoms with Gasteiger partial charge in [0.15, 0.2) is 0 Å². The minimum Gasteiger partial charge on any atom is -0.497 e. The van der Waals surface area contributed by atoms with E-state index >= 15 is 0 Å². The summed E-state index contributed by atoms with van der Waals surface area (Å²) in [5, 5.41) is 7.13. The number of nitrogens with one attached hydrogen (secondary N) is 2. The van der Waals surface area contributed by atoms with Gasteiger partial charge in [0.2, 0.25) is 0 Å². The Morgan fingerprint density at radius 3 is 1.93 bits per heavy atom. The van der Waals surface area contributed by atoms with Crippen LogP contribution in [0.25, 0.3) is 0 Å². The van der Waals surface area contributed by atoms with Crippen LogP contribution >= 0.6 is 0 Å². The Morgan fingerprint density at radius 2 is 1.37 bits per heavy atom. The topological polar surface area (TPSA) is 45.8 Å². The van der Waals surface area contributed by atoms with Crippen LogP contribution in [0.5, 0.6) is 17.2 Å². The van der Waals surface area contributed by atoms with Crippen LogP contribution in [0.4, 0.5) is 0 Å². The molecule has 0 radical (unpaired) electrons. The van der Waals surface area contributed by atoms with Crippen molar-refractivity contribution >= 4 is 0 Å². The lowest BCUT2D eigenvalue weighted by molar-refractivity contribution is 0.319. The molecular formula is C22H31N3O2. The molecule has 0 fully saturated rings. The van der Waals surface area contributed by atoms with Crippen molar-refractivity contribution < 1.29 is 9.47 Å². The highest BCUT2D eigenvalue weighted by Gasteiger charge is 2.12. The third-order valence-electron chi connectivity index (χ3n) is 4.88. The molecule has 2 aromatic rings. The summed E-state index contributed by atoms with van der Waals surface area (Å²) in [7, 11) is 3.88. The van der Waals surface area contributed by atoms with Gasteiger partial charge >= 0.3 is 0 Å². The molecule has 1 aliphatic rings. The molecule has 0 saturated heterocycles. The first kappa shape index (κ1) is 19.7. The number of benzene rings is 2. The molecule has 0 atom stereocenters. The quantitative estimate of drug-likeness (QED) is 0.868. The average molecular weight is 370 g/mol. The molecule has 2 aromatic carbocycles. The highest BCUT2D eigenvalue weighted by atomic mass is 16.5. The SMILES string of the molecule is COc1ccc(Oc2c3cccc2CNCCCN(C)CCCNC3)cc1. The molecule has 3 rings (SSSR count). The first-order valence-electron chi connectivity index (χ1n) is 9.79. The number of ether oxygens (including phenoxy) is 2. The molecule has 146 valence electrons. The van der Waals surface area contributed by atoms with E-state index in [-0.39, 0.29) is 0 Å². The van der Waals surface area contributed by atoms with Gasteiger partial charge in [-0.2, -0.15) is 0 Å². The van der Waals surface area contributed by atoms with Crippen molar-refractivity contribution in [1.82, 2.24) is 15.5 Å². The van der Waals surface area contributed by atoms with Crippen LogP contribution in [-0.4, -0.2) is 45.2 Å². The van der Waals surface area contributed by atoms with Crippen LogP contribution in [0.3, 0.4) is 0 Å². The van der Waals surface area contributed by atoms with Crippen molar-refractivity contribution in [2.75, 3.05) is 40.3 Å². The minimum absolute atomic E-state index is 0.809. The molecule has 0 spiro atoms. The molecule has 1 heterocycles. The van der Waals surface area contributed by atoms with Gasteiger partial charge in [-0.1, -0.05) is 18.2 Å². The number of hydrogen-bond acceptors (Lipinski definition) is 5. The number of methoxy groups -OCH3 is 1. The van der Waals surface area contributed by atoms with E-state index in [0.717, 1.165) is 69.4 Å². The van der Waals surface area contributed by atoms with Crippen molar-refractivity contribution in [3.05, 3.63) is 53.6 Å².